The zero-order chi connectivity index (χ0) is 32.1. The number of rotatable bonds is 2. The van der Waals surface area contributed by atoms with Crippen molar-refractivity contribution in [3.05, 3.63) is 180 Å². The van der Waals surface area contributed by atoms with Crippen LogP contribution in [0.3, 0.4) is 0 Å². The number of ether oxygens (including phenoxy) is 1. The summed E-state index contributed by atoms with van der Waals surface area (Å²) in [7, 11) is 0. The molecule has 1 aliphatic carbocycles. The van der Waals surface area contributed by atoms with E-state index in [0.29, 0.717) is 0 Å². The summed E-state index contributed by atoms with van der Waals surface area (Å²) in [6, 6.07) is 56.3. The summed E-state index contributed by atoms with van der Waals surface area (Å²) >= 11 is 1.78. The molecule has 0 N–H and O–H groups in total. The molecule has 1 spiro atoms. The Morgan fingerprint density at radius 3 is 2.00 bits per heavy atom. The van der Waals surface area contributed by atoms with E-state index in [0.717, 1.165) is 60.9 Å². The van der Waals surface area contributed by atoms with Gasteiger partial charge >= 0.3 is 0 Å². The predicted octanol–water partition coefficient (Wildman–Crippen LogP) is 11.8. The van der Waals surface area contributed by atoms with Crippen molar-refractivity contribution >= 4 is 42.4 Å². The van der Waals surface area contributed by atoms with E-state index in [1.54, 1.807) is 11.3 Å². The molecule has 0 radical (unpaired) electrons. The molecule has 2 aliphatic rings. The van der Waals surface area contributed by atoms with Gasteiger partial charge in [-0.2, -0.15) is 0 Å². The fourth-order valence-electron chi connectivity index (χ4n) is 8.33. The quantitative estimate of drug-likeness (QED) is 0.188. The van der Waals surface area contributed by atoms with Gasteiger partial charge in [0.15, 0.2) is 5.82 Å². The highest BCUT2D eigenvalue weighted by Gasteiger charge is 2.51. The molecule has 0 unspecified atom stereocenters. The molecular weight excluding hydrogens is 617 g/mol. The van der Waals surface area contributed by atoms with Crippen molar-refractivity contribution in [2.75, 3.05) is 0 Å². The van der Waals surface area contributed by atoms with E-state index in [2.05, 4.69) is 158 Å². The van der Waals surface area contributed by atoms with E-state index in [4.69, 9.17) is 14.7 Å². The Kier molecular flexibility index (Phi) is 5.47. The Bertz CT molecular complexity index is 2790. The van der Waals surface area contributed by atoms with E-state index in [-0.39, 0.29) is 0 Å². The van der Waals surface area contributed by atoms with Crippen LogP contribution < -0.4 is 4.74 Å². The maximum Gasteiger partial charge on any atom is 0.160 e. The molecule has 0 amide bonds. The Morgan fingerprint density at radius 2 is 1.16 bits per heavy atom. The van der Waals surface area contributed by atoms with Crippen molar-refractivity contribution in [3.63, 3.8) is 0 Å². The molecule has 7 aromatic carbocycles. The van der Waals surface area contributed by atoms with Gasteiger partial charge in [-0.15, -0.1) is 11.3 Å². The third-order valence-electron chi connectivity index (χ3n) is 10.4. The number of hydrogen-bond donors (Lipinski definition) is 0. The standard InChI is InChI=1S/C45H26N2OS/c1-2-13-28-26-29(25-24-27(28)12-1)44-46-41-31-15-4-10-23-39(31)49-43(41)42(47-44)32-16-11-20-36-40(32)30-14-3-5-17-33(30)45(36)34-18-6-8-21-37(34)48-38-22-9-7-19-35(38)45/h1-26H. The van der Waals surface area contributed by atoms with E-state index >= 15 is 0 Å². The summed E-state index contributed by atoms with van der Waals surface area (Å²) in [5.74, 6) is 2.51. The van der Waals surface area contributed by atoms with E-state index in [9.17, 15) is 0 Å². The normalized spacial score (nSPS) is 13.6. The average Bonchev–Trinajstić information content (AvgIpc) is 3.69. The van der Waals surface area contributed by atoms with Gasteiger partial charge in [-0.1, -0.05) is 133 Å². The smallest absolute Gasteiger partial charge is 0.160 e. The molecule has 9 aromatic rings. The van der Waals surface area contributed by atoms with Crippen LogP contribution in [0.1, 0.15) is 22.3 Å². The van der Waals surface area contributed by atoms with Crippen molar-refractivity contribution in [1.82, 2.24) is 9.97 Å². The molecule has 11 rings (SSSR count). The molecule has 49 heavy (non-hydrogen) atoms. The molecule has 0 saturated heterocycles. The number of hydrogen-bond acceptors (Lipinski definition) is 4. The van der Waals surface area contributed by atoms with Gasteiger partial charge < -0.3 is 4.74 Å². The molecule has 3 nitrogen and oxygen atoms in total. The van der Waals surface area contributed by atoms with E-state index in [1.165, 1.54) is 37.7 Å². The van der Waals surface area contributed by atoms with Gasteiger partial charge in [0.2, 0.25) is 0 Å². The highest BCUT2D eigenvalue weighted by atomic mass is 32.1. The minimum atomic E-state index is -0.541. The molecule has 0 atom stereocenters. The lowest BCUT2D eigenvalue weighted by atomic mass is 9.66. The zero-order valence-electron chi connectivity index (χ0n) is 26.2. The molecular formula is C45H26N2OS. The minimum Gasteiger partial charge on any atom is -0.457 e. The maximum atomic E-state index is 6.58. The number of fused-ring (bicyclic) bond motifs is 13. The van der Waals surface area contributed by atoms with Gasteiger partial charge in [-0.05, 0) is 57.3 Å². The maximum absolute atomic E-state index is 6.58. The Labute approximate surface area is 286 Å². The van der Waals surface area contributed by atoms with Crippen molar-refractivity contribution in [3.8, 4) is 45.3 Å². The van der Waals surface area contributed by atoms with E-state index < -0.39 is 5.41 Å². The second-order valence-electron chi connectivity index (χ2n) is 12.9. The highest BCUT2D eigenvalue weighted by molar-refractivity contribution is 7.26. The molecule has 228 valence electrons. The Hall–Kier alpha value is -6.10. The topological polar surface area (TPSA) is 35.0 Å². The summed E-state index contributed by atoms with van der Waals surface area (Å²) in [6.07, 6.45) is 0. The van der Waals surface area contributed by atoms with Crippen molar-refractivity contribution in [1.29, 1.82) is 0 Å². The monoisotopic (exact) mass is 642 g/mol. The summed E-state index contributed by atoms with van der Waals surface area (Å²) in [5, 5.41) is 3.53. The minimum absolute atomic E-state index is 0.541. The zero-order valence-corrected chi connectivity index (χ0v) is 27.0. The van der Waals surface area contributed by atoms with Crippen molar-refractivity contribution < 1.29 is 4.74 Å². The lowest BCUT2D eigenvalue weighted by molar-refractivity contribution is 0.436. The third kappa shape index (κ3) is 3.61. The van der Waals surface area contributed by atoms with Crippen LogP contribution in [0, 0.1) is 0 Å². The molecule has 0 fully saturated rings. The fourth-order valence-corrected chi connectivity index (χ4v) is 9.48. The van der Waals surface area contributed by atoms with Gasteiger partial charge in [-0.25, -0.2) is 9.97 Å². The van der Waals surface area contributed by atoms with Gasteiger partial charge in [0.25, 0.3) is 0 Å². The first-order chi connectivity index (χ1) is 24.3. The summed E-state index contributed by atoms with van der Waals surface area (Å²) < 4.78 is 8.89. The molecule has 2 aromatic heterocycles. The lowest BCUT2D eigenvalue weighted by Crippen LogP contribution is -2.32. The van der Waals surface area contributed by atoms with Crippen LogP contribution in [0.15, 0.2) is 158 Å². The van der Waals surface area contributed by atoms with Gasteiger partial charge in [0.05, 0.1) is 21.3 Å². The van der Waals surface area contributed by atoms with Crippen LogP contribution >= 0.6 is 11.3 Å². The molecule has 3 heterocycles. The third-order valence-corrected chi connectivity index (χ3v) is 11.5. The van der Waals surface area contributed by atoms with Crippen molar-refractivity contribution in [2.45, 2.75) is 5.41 Å². The number of para-hydroxylation sites is 2. The van der Waals surface area contributed by atoms with Gasteiger partial charge in [-0.3, -0.25) is 0 Å². The molecule has 0 saturated carbocycles. The molecule has 0 bridgehead atoms. The molecule has 4 heteroatoms. The Morgan fingerprint density at radius 1 is 0.510 bits per heavy atom. The molecule has 1 aliphatic heterocycles. The first-order valence-corrected chi connectivity index (χ1v) is 17.4. The summed E-state index contributed by atoms with van der Waals surface area (Å²) in [6.45, 7) is 0. The first kappa shape index (κ1) is 26.9. The van der Waals surface area contributed by atoms with Crippen LogP contribution in [0.4, 0.5) is 0 Å². The second kappa shape index (κ2) is 9.96. The number of aromatic nitrogens is 2. The highest BCUT2D eigenvalue weighted by Crippen LogP contribution is 2.63. The van der Waals surface area contributed by atoms with Crippen LogP contribution in [0.25, 0.3) is 64.8 Å². The SMILES string of the molecule is c1ccc2c(c1)Oc1ccccc1C21c2ccccc2-c2c(-c3nc(-c4ccc5ccccc5c4)nc4c3sc3ccccc34)cccc21. The predicted molar refractivity (Wildman–Crippen MR) is 201 cm³/mol. The largest absolute Gasteiger partial charge is 0.457 e. The van der Waals surface area contributed by atoms with Crippen LogP contribution in [-0.4, -0.2) is 9.97 Å². The second-order valence-corrected chi connectivity index (χ2v) is 13.9. The van der Waals surface area contributed by atoms with Gasteiger partial charge in [0, 0.05) is 32.3 Å². The number of benzene rings is 7. The van der Waals surface area contributed by atoms with Gasteiger partial charge in [0.1, 0.15) is 11.5 Å². The lowest BCUT2D eigenvalue weighted by Gasteiger charge is -2.39. The number of thiophene rings is 1. The van der Waals surface area contributed by atoms with E-state index in [1.807, 2.05) is 0 Å². The van der Waals surface area contributed by atoms with Crippen LogP contribution in [0.5, 0.6) is 11.5 Å². The van der Waals surface area contributed by atoms with Crippen LogP contribution in [0.2, 0.25) is 0 Å². The summed E-state index contributed by atoms with van der Waals surface area (Å²) in [4.78, 5) is 10.8. The first-order valence-electron chi connectivity index (χ1n) is 16.6. The fraction of sp³-hybridized carbons (Fsp3) is 0.0222. The number of nitrogens with zero attached hydrogens (tertiary/aromatic N) is 2. The average molecular weight is 643 g/mol. The Balaban J connectivity index is 1.26. The summed E-state index contributed by atoms with van der Waals surface area (Å²) in [5.41, 5.74) is 10.8. The van der Waals surface area contributed by atoms with Crippen LogP contribution in [-0.2, 0) is 5.41 Å². The van der Waals surface area contributed by atoms with Crippen molar-refractivity contribution in [2.24, 2.45) is 0 Å².